The van der Waals surface area contributed by atoms with Crippen LogP contribution < -0.4 is 33.2 Å². The predicted molar refractivity (Wildman–Crippen MR) is 108 cm³/mol. The van der Waals surface area contributed by atoms with Crippen molar-refractivity contribution in [3.05, 3.63) is 0 Å². The minimum atomic E-state index is -1.42. The topological polar surface area (TPSA) is 235 Å². The van der Waals surface area contributed by atoms with Crippen LogP contribution in [0.4, 0.5) is 0 Å². The maximum absolute atomic E-state index is 12.5. The molecule has 0 radical (unpaired) electrons. The third-order valence-corrected chi connectivity index (χ3v) is 4.05. The monoisotopic (exact) mass is 435 g/mol. The van der Waals surface area contributed by atoms with E-state index in [0.717, 1.165) is 0 Å². The highest BCUT2D eigenvalue weighted by atomic mass is 32.1. The fraction of sp³-hybridized carbons (Fsp3) is 0.667. The van der Waals surface area contributed by atoms with Crippen molar-refractivity contribution in [1.29, 1.82) is 0 Å². The van der Waals surface area contributed by atoms with E-state index < -0.39 is 54.5 Å². The zero-order valence-corrected chi connectivity index (χ0v) is 16.9. The molecular weight excluding hydrogens is 406 g/mol. The molecule has 166 valence electrons. The largest absolute Gasteiger partial charge is 0.480 e. The second-order valence-electron chi connectivity index (χ2n) is 6.11. The summed E-state index contributed by atoms with van der Waals surface area (Å²) in [5, 5.41) is 25.0. The van der Waals surface area contributed by atoms with Crippen LogP contribution in [0.1, 0.15) is 19.8 Å². The van der Waals surface area contributed by atoms with Gasteiger partial charge in [0, 0.05) is 12.3 Å². The smallest absolute Gasteiger partial charge is 0.325 e. The number of nitrogens with two attached hydrogens (primary N) is 3. The molecule has 4 atom stereocenters. The third kappa shape index (κ3) is 10.5. The molecule has 0 aromatic heterocycles. The molecule has 0 spiro atoms. The molecule has 0 aromatic rings. The van der Waals surface area contributed by atoms with Crippen molar-refractivity contribution in [3.8, 4) is 0 Å². The van der Waals surface area contributed by atoms with Crippen molar-refractivity contribution in [1.82, 2.24) is 16.0 Å². The highest BCUT2D eigenvalue weighted by Crippen LogP contribution is 2.01. The van der Waals surface area contributed by atoms with Gasteiger partial charge in [-0.1, -0.05) is 0 Å². The first kappa shape index (κ1) is 26.4. The van der Waals surface area contributed by atoms with Crippen LogP contribution in [0.25, 0.3) is 0 Å². The Balaban J connectivity index is 5.12. The van der Waals surface area contributed by atoms with Gasteiger partial charge in [-0.05, 0) is 19.8 Å². The van der Waals surface area contributed by atoms with Crippen LogP contribution in [0, 0.1) is 0 Å². The highest BCUT2D eigenvalue weighted by Gasteiger charge is 2.28. The van der Waals surface area contributed by atoms with Gasteiger partial charge in [-0.3, -0.25) is 24.2 Å². The van der Waals surface area contributed by atoms with Gasteiger partial charge in [-0.2, -0.15) is 12.6 Å². The van der Waals surface area contributed by atoms with Crippen molar-refractivity contribution < 1.29 is 29.4 Å². The van der Waals surface area contributed by atoms with Crippen molar-refractivity contribution in [2.24, 2.45) is 22.2 Å². The second-order valence-corrected chi connectivity index (χ2v) is 6.48. The Labute approximate surface area is 173 Å². The number of aliphatic hydroxyl groups excluding tert-OH is 1. The normalized spacial score (nSPS) is 14.6. The summed E-state index contributed by atoms with van der Waals surface area (Å²) < 4.78 is 0. The quantitative estimate of drug-likeness (QED) is 0.0590. The van der Waals surface area contributed by atoms with Gasteiger partial charge in [0.15, 0.2) is 5.96 Å². The van der Waals surface area contributed by atoms with Gasteiger partial charge in [-0.25, -0.2) is 0 Å². The lowest BCUT2D eigenvalue weighted by Gasteiger charge is -2.23. The number of nitrogens with one attached hydrogen (secondary N) is 3. The number of amides is 3. The Morgan fingerprint density at radius 2 is 1.59 bits per heavy atom. The number of aliphatic carboxylic acids is 1. The average molecular weight is 436 g/mol. The van der Waals surface area contributed by atoms with E-state index in [1.54, 1.807) is 0 Å². The van der Waals surface area contributed by atoms with Gasteiger partial charge in [-0.15, -0.1) is 0 Å². The van der Waals surface area contributed by atoms with Crippen LogP contribution in [-0.2, 0) is 19.2 Å². The van der Waals surface area contributed by atoms with E-state index in [1.807, 2.05) is 0 Å². The molecule has 4 unspecified atom stereocenters. The second kappa shape index (κ2) is 13.6. The molecule has 0 aliphatic rings. The molecule has 0 rings (SSSR count). The first-order valence-electron chi connectivity index (χ1n) is 8.70. The summed E-state index contributed by atoms with van der Waals surface area (Å²) in [5.74, 6) is -3.67. The Bertz CT molecular complexity index is 614. The summed E-state index contributed by atoms with van der Waals surface area (Å²) in [5.41, 5.74) is 16.0. The third-order valence-electron chi connectivity index (χ3n) is 3.66. The lowest BCUT2D eigenvalue weighted by Crippen LogP contribution is -2.58. The Morgan fingerprint density at radius 1 is 1.03 bits per heavy atom. The Hall–Kier alpha value is -2.58. The number of aliphatic hydroxyl groups is 1. The van der Waals surface area contributed by atoms with Crippen LogP contribution in [-0.4, -0.2) is 82.9 Å². The van der Waals surface area contributed by atoms with Crippen LogP contribution in [0.5, 0.6) is 0 Å². The van der Waals surface area contributed by atoms with Gasteiger partial charge in [0.1, 0.15) is 18.1 Å². The van der Waals surface area contributed by atoms with Gasteiger partial charge in [0.05, 0.1) is 12.6 Å². The zero-order valence-electron chi connectivity index (χ0n) is 16.0. The van der Waals surface area contributed by atoms with Crippen molar-refractivity contribution in [3.63, 3.8) is 0 Å². The predicted octanol–water partition coefficient (Wildman–Crippen LogP) is -4.15. The summed E-state index contributed by atoms with van der Waals surface area (Å²) in [7, 11) is 0. The van der Waals surface area contributed by atoms with Crippen LogP contribution >= 0.6 is 12.6 Å². The van der Waals surface area contributed by atoms with E-state index in [1.165, 1.54) is 6.92 Å². The van der Waals surface area contributed by atoms with Crippen LogP contribution in [0.3, 0.4) is 0 Å². The maximum Gasteiger partial charge on any atom is 0.325 e. The molecule has 0 heterocycles. The minimum absolute atomic E-state index is 0.0446. The Kier molecular flexibility index (Phi) is 12.4. The number of carbonyl (C=O) groups excluding carboxylic acids is 3. The maximum atomic E-state index is 12.5. The molecule has 29 heavy (non-hydrogen) atoms. The minimum Gasteiger partial charge on any atom is -0.480 e. The molecular formula is C15H29N7O6S. The number of hydrogen-bond acceptors (Lipinski definition) is 8. The summed E-state index contributed by atoms with van der Waals surface area (Å²) in [6, 6.07) is -4.70. The molecule has 13 nitrogen and oxygen atoms in total. The number of nitrogens with zero attached hydrogens (tertiary/aromatic N) is 1. The van der Waals surface area contributed by atoms with Gasteiger partial charge in [0.25, 0.3) is 0 Å². The SMILES string of the molecule is CC(NC(=O)C(CO)NC(=O)C(CCCN=C(N)N)NC(=O)C(N)CS)C(=O)O. The van der Waals surface area contributed by atoms with Crippen molar-refractivity contribution in [2.45, 2.75) is 43.9 Å². The lowest BCUT2D eigenvalue weighted by atomic mass is 10.1. The number of guanidine groups is 1. The van der Waals surface area contributed by atoms with Crippen molar-refractivity contribution >= 4 is 42.3 Å². The highest BCUT2D eigenvalue weighted by molar-refractivity contribution is 7.80. The number of carbonyl (C=O) groups is 4. The van der Waals surface area contributed by atoms with Gasteiger partial charge >= 0.3 is 5.97 Å². The fourth-order valence-corrected chi connectivity index (χ4v) is 2.14. The summed E-state index contributed by atoms with van der Waals surface area (Å²) in [6.45, 7) is 0.636. The van der Waals surface area contributed by atoms with E-state index in [4.69, 9.17) is 22.3 Å². The molecule has 3 amide bonds. The van der Waals surface area contributed by atoms with E-state index in [2.05, 4.69) is 33.6 Å². The standard InChI is InChI=1S/C15H29N7O6S/c1-7(14(27)28)20-13(26)10(5-23)22-12(25)9(3-2-4-19-15(17)18)21-11(24)8(16)6-29/h7-10,23,29H,2-6,16H2,1H3,(H,20,26)(H,21,24)(H,22,25)(H,27,28)(H4,17,18,19). The zero-order chi connectivity index (χ0) is 22.6. The number of carboxylic acids is 1. The molecule has 0 bridgehead atoms. The first-order valence-corrected chi connectivity index (χ1v) is 9.33. The van der Waals surface area contributed by atoms with Crippen molar-refractivity contribution in [2.75, 3.05) is 18.9 Å². The molecule has 0 fully saturated rings. The van der Waals surface area contributed by atoms with E-state index in [0.29, 0.717) is 6.42 Å². The van der Waals surface area contributed by atoms with E-state index >= 15 is 0 Å². The molecule has 0 saturated carbocycles. The number of thiol groups is 1. The number of aliphatic imine (C=N–C) groups is 1. The molecule has 0 aliphatic carbocycles. The summed E-state index contributed by atoms with van der Waals surface area (Å²) >= 11 is 3.92. The van der Waals surface area contributed by atoms with Crippen LogP contribution in [0.2, 0.25) is 0 Å². The van der Waals surface area contributed by atoms with Gasteiger partial charge < -0.3 is 43.4 Å². The summed E-state index contributed by atoms with van der Waals surface area (Å²) in [4.78, 5) is 51.2. The van der Waals surface area contributed by atoms with Crippen LogP contribution in [0.15, 0.2) is 4.99 Å². The van der Waals surface area contributed by atoms with E-state index in [9.17, 15) is 24.3 Å². The molecule has 14 heteroatoms. The summed E-state index contributed by atoms with van der Waals surface area (Å²) in [6.07, 6.45) is 0.428. The molecule has 0 aromatic carbocycles. The first-order chi connectivity index (χ1) is 13.5. The lowest BCUT2D eigenvalue weighted by molar-refractivity contribution is -0.142. The fourth-order valence-electron chi connectivity index (χ4n) is 1.98. The molecule has 0 saturated heterocycles. The average Bonchev–Trinajstić information content (AvgIpc) is 2.66. The molecule has 0 aliphatic heterocycles. The number of rotatable bonds is 13. The molecule has 11 N–H and O–H groups in total. The Morgan fingerprint density at radius 3 is 2.07 bits per heavy atom. The number of hydrogen-bond donors (Lipinski definition) is 9. The number of carboxylic acid groups (broad SMARTS) is 1. The van der Waals surface area contributed by atoms with Gasteiger partial charge in [0.2, 0.25) is 17.7 Å². The van der Waals surface area contributed by atoms with E-state index in [-0.39, 0.29) is 24.7 Å².